The molecule has 42 heavy (non-hydrogen) atoms. The summed E-state index contributed by atoms with van der Waals surface area (Å²) in [6.45, 7) is 7.94. The number of carbonyl (C=O) groups excluding carboxylic acids is 1. The molecule has 7 rings (SSSR count). The molecule has 2 fully saturated rings. The number of aryl methyl sites for hydroxylation is 1. The molecule has 2 atom stereocenters. The number of nitrogens with one attached hydrogen (secondary N) is 2. The highest BCUT2D eigenvalue weighted by Crippen LogP contribution is 2.41. The second-order valence-electron chi connectivity index (χ2n) is 11.7. The molecule has 1 aromatic carbocycles. The Kier molecular flexibility index (Phi) is 7.29. The van der Waals surface area contributed by atoms with Gasteiger partial charge >= 0.3 is 0 Å². The van der Waals surface area contributed by atoms with Crippen molar-refractivity contribution >= 4 is 28.6 Å². The monoisotopic (exact) mass is 571 g/mol. The van der Waals surface area contributed by atoms with E-state index >= 15 is 0 Å². The number of pyridine rings is 1. The highest BCUT2D eigenvalue weighted by molar-refractivity contribution is 6.05. The fourth-order valence-electron chi connectivity index (χ4n) is 5.77. The number of nitrogens with zero attached hydrogens (tertiary/aromatic N) is 5. The number of carbonyl (C=O) groups is 1. The van der Waals surface area contributed by atoms with Gasteiger partial charge in [0.05, 0.1) is 67.1 Å². The van der Waals surface area contributed by atoms with E-state index in [1.807, 2.05) is 29.9 Å². The lowest BCUT2D eigenvalue weighted by Gasteiger charge is -2.23. The highest BCUT2D eigenvalue weighted by Gasteiger charge is 2.30. The number of aromatic nitrogens is 5. The van der Waals surface area contributed by atoms with Crippen LogP contribution in [-0.4, -0.2) is 69.3 Å². The Labute approximate surface area is 244 Å². The van der Waals surface area contributed by atoms with Crippen LogP contribution >= 0.6 is 0 Å². The lowest BCUT2D eigenvalue weighted by molar-refractivity contribution is -0.0818. The molecule has 0 radical (unpaired) electrons. The second-order valence-corrected chi connectivity index (χ2v) is 11.7. The minimum atomic E-state index is -0.231. The number of hydrogen-bond acceptors (Lipinski definition) is 8. The summed E-state index contributed by atoms with van der Waals surface area (Å²) in [5.74, 6) is 1.39. The highest BCUT2D eigenvalue weighted by atomic mass is 16.6. The van der Waals surface area contributed by atoms with Gasteiger partial charge in [-0.05, 0) is 68.9 Å². The van der Waals surface area contributed by atoms with Crippen LogP contribution in [0.3, 0.4) is 0 Å². The second kappa shape index (κ2) is 11.4. The molecule has 2 N–H and O–H groups in total. The third-order valence-electron chi connectivity index (χ3n) is 8.10. The van der Waals surface area contributed by atoms with Gasteiger partial charge in [0.2, 0.25) is 11.8 Å². The van der Waals surface area contributed by atoms with Crippen LogP contribution in [0.4, 0.5) is 11.6 Å². The minimum absolute atomic E-state index is 0.0198. The number of imidazole rings is 1. The van der Waals surface area contributed by atoms with E-state index in [1.54, 1.807) is 6.07 Å². The third kappa shape index (κ3) is 5.58. The van der Waals surface area contributed by atoms with E-state index in [1.165, 1.54) is 0 Å². The Hall–Kier alpha value is -3.96. The Morgan fingerprint density at radius 2 is 2.00 bits per heavy atom. The predicted molar refractivity (Wildman–Crippen MR) is 159 cm³/mol. The lowest BCUT2D eigenvalue weighted by Crippen LogP contribution is -2.34. The first-order valence-electron chi connectivity index (χ1n) is 15.0. The van der Waals surface area contributed by atoms with Gasteiger partial charge < -0.3 is 24.1 Å². The van der Waals surface area contributed by atoms with Crippen LogP contribution in [-0.2, 0) is 16.0 Å². The van der Waals surface area contributed by atoms with Crippen molar-refractivity contribution in [1.29, 1.82) is 0 Å². The van der Waals surface area contributed by atoms with Crippen molar-refractivity contribution in [2.24, 2.45) is 5.92 Å². The fourth-order valence-corrected chi connectivity index (χ4v) is 5.77. The molecule has 3 aromatic heterocycles. The Morgan fingerprint density at radius 1 is 1.10 bits per heavy atom. The zero-order valence-corrected chi connectivity index (χ0v) is 24.1. The Morgan fingerprint density at radius 3 is 2.83 bits per heavy atom. The molecular formula is C31H37N7O4. The maximum Gasteiger partial charge on any atom is 0.258 e. The maximum atomic E-state index is 13.7. The van der Waals surface area contributed by atoms with E-state index in [2.05, 4.69) is 39.4 Å². The minimum Gasteiger partial charge on any atom is -0.477 e. The molecule has 3 aliphatic rings. The Bertz CT molecular complexity index is 1600. The van der Waals surface area contributed by atoms with E-state index in [9.17, 15) is 4.79 Å². The summed E-state index contributed by atoms with van der Waals surface area (Å²) in [6, 6.07) is 10.1. The topological polar surface area (TPSA) is 117 Å². The number of ether oxygens (including phenoxy) is 3. The van der Waals surface area contributed by atoms with Crippen LogP contribution < -0.4 is 15.4 Å². The van der Waals surface area contributed by atoms with Crippen molar-refractivity contribution < 1.29 is 19.0 Å². The summed E-state index contributed by atoms with van der Waals surface area (Å²) in [4.78, 5) is 23.3. The number of rotatable bonds is 4. The van der Waals surface area contributed by atoms with Crippen LogP contribution in [0, 0.1) is 12.8 Å². The quantitative estimate of drug-likeness (QED) is 0.358. The standard InChI is InChI=1S/C31H37N7O4/c1-19-4-3-9-42-30-25(16-33-38(30)23-6-7-23)26-13-21(12-20(2)34-26)29(39)36-31-35-27-14-22(5-8-28(27)37(31)17-19)32-15-24-18-40-10-11-41-24/h5,8,12-14,16,19,23-24,32H,3-4,6-7,9-11,15,17-18H2,1-2H3,(H,35,36,39)/t19-,24+/m1/s1. The molecule has 11 heteroatoms. The molecule has 0 unspecified atom stereocenters. The smallest absolute Gasteiger partial charge is 0.258 e. The van der Waals surface area contributed by atoms with Crippen LogP contribution in [0.15, 0.2) is 36.5 Å². The van der Waals surface area contributed by atoms with Crippen molar-refractivity contribution in [1.82, 2.24) is 24.3 Å². The van der Waals surface area contributed by atoms with E-state index < -0.39 is 0 Å². The van der Waals surface area contributed by atoms with Crippen LogP contribution in [0.1, 0.15) is 54.7 Å². The molecule has 2 bridgehead atoms. The summed E-state index contributed by atoms with van der Waals surface area (Å²) >= 11 is 0. The molecule has 2 aliphatic heterocycles. The Balaban J connectivity index is 1.21. The van der Waals surface area contributed by atoms with Crippen molar-refractivity contribution in [3.8, 4) is 17.1 Å². The molecule has 1 aliphatic carbocycles. The van der Waals surface area contributed by atoms with Gasteiger partial charge in [-0.1, -0.05) is 6.92 Å². The average Bonchev–Trinajstić information content (AvgIpc) is 3.67. The van der Waals surface area contributed by atoms with Crippen molar-refractivity contribution in [2.45, 2.75) is 58.2 Å². The van der Waals surface area contributed by atoms with Crippen molar-refractivity contribution in [3.05, 3.63) is 47.8 Å². The first-order chi connectivity index (χ1) is 20.5. The SMILES string of the molecule is Cc1cc2cc(n1)-c1cnn(C3CC3)c1OCCC[C@@H](C)Cn1c(nc3cc(NC[C@H]4COCCO4)ccc31)NC2=O. The first kappa shape index (κ1) is 26.9. The fraction of sp³-hybridized carbons (Fsp3) is 0.484. The van der Waals surface area contributed by atoms with Crippen LogP contribution in [0.5, 0.6) is 5.88 Å². The summed E-state index contributed by atoms with van der Waals surface area (Å²) in [6.07, 6.45) is 5.91. The van der Waals surface area contributed by atoms with Gasteiger partial charge in [0.25, 0.3) is 5.91 Å². The lowest BCUT2D eigenvalue weighted by atomic mass is 10.1. The zero-order chi connectivity index (χ0) is 28.6. The van der Waals surface area contributed by atoms with Crippen LogP contribution in [0.2, 0.25) is 0 Å². The van der Waals surface area contributed by atoms with Gasteiger partial charge in [-0.2, -0.15) is 5.10 Å². The molecule has 4 aromatic rings. The molecule has 1 saturated carbocycles. The molecule has 11 nitrogen and oxygen atoms in total. The number of hydrogen-bond donors (Lipinski definition) is 2. The van der Waals surface area contributed by atoms with E-state index in [-0.39, 0.29) is 12.0 Å². The van der Waals surface area contributed by atoms with Crippen LogP contribution in [0.25, 0.3) is 22.3 Å². The summed E-state index contributed by atoms with van der Waals surface area (Å²) in [5, 5.41) is 11.2. The largest absolute Gasteiger partial charge is 0.477 e. The molecule has 1 saturated heterocycles. The molecule has 5 heterocycles. The van der Waals surface area contributed by atoms with Gasteiger partial charge in [0.1, 0.15) is 0 Å². The molecular weight excluding hydrogens is 534 g/mol. The van der Waals surface area contributed by atoms with E-state index in [4.69, 9.17) is 24.2 Å². The number of benzene rings is 1. The van der Waals surface area contributed by atoms with Gasteiger partial charge in [0.15, 0.2) is 0 Å². The van der Waals surface area contributed by atoms with Crippen molar-refractivity contribution in [3.63, 3.8) is 0 Å². The summed E-state index contributed by atoms with van der Waals surface area (Å²) in [7, 11) is 0. The first-order valence-corrected chi connectivity index (χ1v) is 15.0. The molecule has 1 amide bonds. The molecule has 220 valence electrons. The number of fused-ring (bicyclic) bond motifs is 7. The number of anilines is 2. The summed E-state index contributed by atoms with van der Waals surface area (Å²) < 4.78 is 21.8. The van der Waals surface area contributed by atoms with Gasteiger partial charge in [0, 0.05) is 30.0 Å². The van der Waals surface area contributed by atoms with Gasteiger partial charge in [-0.25, -0.2) is 9.67 Å². The predicted octanol–water partition coefficient (Wildman–Crippen LogP) is 4.83. The zero-order valence-electron chi connectivity index (χ0n) is 24.1. The van der Waals surface area contributed by atoms with Gasteiger partial charge in [-0.15, -0.1) is 0 Å². The van der Waals surface area contributed by atoms with E-state index in [0.29, 0.717) is 62.1 Å². The number of amides is 1. The van der Waals surface area contributed by atoms with Gasteiger partial charge in [-0.3, -0.25) is 15.1 Å². The summed E-state index contributed by atoms with van der Waals surface area (Å²) in [5.41, 5.74) is 5.50. The maximum absolute atomic E-state index is 13.7. The average molecular weight is 572 g/mol. The normalized spacial score (nSPS) is 21.4. The third-order valence-corrected chi connectivity index (χ3v) is 8.10. The van der Waals surface area contributed by atoms with Crippen molar-refractivity contribution in [2.75, 3.05) is 43.6 Å². The molecule has 0 spiro atoms. The van der Waals surface area contributed by atoms with E-state index in [0.717, 1.165) is 66.1 Å².